The molecule has 0 radical (unpaired) electrons. The van der Waals surface area contributed by atoms with Gasteiger partial charge in [0.25, 0.3) is 0 Å². The second-order valence-corrected chi connectivity index (χ2v) is 7.07. The second-order valence-electron chi connectivity index (χ2n) is 7.07. The van der Waals surface area contributed by atoms with Crippen LogP contribution in [-0.4, -0.2) is 55.1 Å². The number of aliphatic imine (C=N–C) groups is 1. The van der Waals surface area contributed by atoms with Gasteiger partial charge < -0.3 is 15.6 Å². The van der Waals surface area contributed by atoms with Crippen molar-refractivity contribution >= 4 is 40.8 Å². The molecule has 1 fully saturated rings. The summed E-state index contributed by atoms with van der Waals surface area (Å²) in [4.78, 5) is 10.2. The summed E-state index contributed by atoms with van der Waals surface area (Å²) in [6.45, 7) is 10.1. The number of para-hydroxylation sites is 1. The molecule has 1 aromatic heterocycles. The fourth-order valence-electron chi connectivity index (χ4n) is 3.72. The number of hydrogen-bond acceptors (Lipinski definition) is 2. The monoisotopic (exact) mass is 481 g/mol. The van der Waals surface area contributed by atoms with Gasteiger partial charge in [0.15, 0.2) is 5.96 Å². The average Bonchev–Trinajstić information content (AvgIpc) is 3.07. The summed E-state index contributed by atoms with van der Waals surface area (Å²) in [5.41, 5.74) is 3.89. The minimum Gasteiger partial charge on any atom is -0.361 e. The van der Waals surface area contributed by atoms with E-state index in [-0.39, 0.29) is 24.0 Å². The maximum atomic E-state index is 4.39. The standard InChI is InChI=1S/C21H31N5.HI/c1-4-12-26-13-9-18(10-14-26)25-21(22-3)23-11-8-17-15-24-20-16(2)6-5-7-19(17)20;/h4-7,15,18,24H,1,8-14H2,2-3H3,(H2,22,23,25);1H. The number of rotatable bonds is 6. The smallest absolute Gasteiger partial charge is 0.191 e. The Kier molecular flexibility index (Phi) is 8.63. The van der Waals surface area contributed by atoms with E-state index in [1.54, 1.807) is 0 Å². The molecular formula is C21H32IN5. The lowest BCUT2D eigenvalue weighted by molar-refractivity contribution is 0.225. The molecule has 2 heterocycles. The number of H-pyrrole nitrogens is 1. The summed E-state index contributed by atoms with van der Waals surface area (Å²) in [5.74, 6) is 0.906. The summed E-state index contributed by atoms with van der Waals surface area (Å²) in [6.07, 6.45) is 7.39. The van der Waals surface area contributed by atoms with Gasteiger partial charge in [0.05, 0.1) is 0 Å². The van der Waals surface area contributed by atoms with Crippen molar-refractivity contribution in [3.63, 3.8) is 0 Å². The lowest BCUT2D eigenvalue weighted by Crippen LogP contribution is -2.49. The molecule has 0 spiro atoms. The highest BCUT2D eigenvalue weighted by molar-refractivity contribution is 14.0. The number of piperidine rings is 1. The average molecular weight is 481 g/mol. The number of guanidine groups is 1. The third-order valence-corrected chi connectivity index (χ3v) is 5.24. The molecule has 1 aliphatic rings. The van der Waals surface area contributed by atoms with Crippen LogP contribution >= 0.6 is 24.0 Å². The van der Waals surface area contributed by atoms with E-state index in [1.807, 2.05) is 13.1 Å². The molecule has 1 saturated heterocycles. The zero-order valence-electron chi connectivity index (χ0n) is 16.4. The van der Waals surface area contributed by atoms with E-state index in [2.05, 4.69) is 63.4 Å². The number of nitrogens with one attached hydrogen (secondary N) is 3. The van der Waals surface area contributed by atoms with Crippen LogP contribution in [0.25, 0.3) is 10.9 Å². The first-order valence-corrected chi connectivity index (χ1v) is 9.57. The summed E-state index contributed by atoms with van der Waals surface area (Å²) in [5, 5.41) is 8.36. The molecule has 6 heteroatoms. The number of likely N-dealkylation sites (tertiary alicyclic amines) is 1. The number of halogens is 1. The van der Waals surface area contributed by atoms with E-state index in [9.17, 15) is 0 Å². The van der Waals surface area contributed by atoms with Crippen molar-refractivity contribution in [3.8, 4) is 0 Å². The molecule has 3 N–H and O–H groups in total. The zero-order valence-corrected chi connectivity index (χ0v) is 18.8. The third-order valence-electron chi connectivity index (χ3n) is 5.24. The van der Waals surface area contributed by atoms with Gasteiger partial charge in [0.2, 0.25) is 0 Å². The molecule has 148 valence electrons. The third kappa shape index (κ3) is 5.72. The topological polar surface area (TPSA) is 55.4 Å². The van der Waals surface area contributed by atoms with Crippen molar-refractivity contribution < 1.29 is 0 Å². The van der Waals surface area contributed by atoms with Crippen molar-refractivity contribution in [1.29, 1.82) is 0 Å². The van der Waals surface area contributed by atoms with E-state index in [0.717, 1.165) is 51.4 Å². The quantitative estimate of drug-likeness (QED) is 0.257. The van der Waals surface area contributed by atoms with Gasteiger partial charge in [-0.3, -0.25) is 9.89 Å². The first kappa shape index (κ1) is 21.8. The number of hydrogen-bond donors (Lipinski definition) is 3. The number of aromatic amines is 1. The number of aromatic nitrogens is 1. The minimum atomic E-state index is 0. The lowest BCUT2D eigenvalue weighted by Gasteiger charge is -2.32. The van der Waals surface area contributed by atoms with E-state index in [4.69, 9.17) is 0 Å². The van der Waals surface area contributed by atoms with Gasteiger partial charge in [-0.15, -0.1) is 30.6 Å². The Hall–Kier alpha value is -1.54. The fraction of sp³-hybridized carbons (Fsp3) is 0.476. The Balaban J connectivity index is 0.00000261. The minimum absolute atomic E-state index is 0. The van der Waals surface area contributed by atoms with E-state index in [1.165, 1.54) is 22.0 Å². The number of nitrogens with zero attached hydrogens (tertiary/aromatic N) is 2. The van der Waals surface area contributed by atoms with Crippen LogP contribution in [0.5, 0.6) is 0 Å². The van der Waals surface area contributed by atoms with Crippen LogP contribution in [-0.2, 0) is 6.42 Å². The van der Waals surface area contributed by atoms with Crippen molar-refractivity contribution in [2.75, 3.05) is 33.2 Å². The van der Waals surface area contributed by atoms with E-state index in [0.29, 0.717) is 6.04 Å². The predicted molar refractivity (Wildman–Crippen MR) is 126 cm³/mol. The molecule has 2 aromatic rings. The van der Waals surface area contributed by atoms with Crippen molar-refractivity contribution in [2.45, 2.75) is 32.2 Å². The Labute approximate surface area is 179 Å². The first-order valence-electron chi connectivity index (χ1n) is 9.57. The van der Waals surface area contributed by atoms with Gasteiger partial charge in [0, 0.05) is 56.4 Å². The largest absolute Gasteiger partial charge is 0.361 e. The van der Waals surface area contributed by atoms with Crippen LogP contribution in [0.2, 0.25) is 0 Å². The molecule has 27 heavy (non-hydrogen) atoms. The first-order chi connectivity index (χ1) is 12.7. The predicted octanol–water partition coefficient (Wildman–Crippen LogP) is 3.45. The number of benzene rings is 1. The SMILES string of the molecule is C=CCN1CCC(NC(=NC)NCCc2c[nH]c3c(C)cccc23)CC1.I. The summed E-state index contributed by atoms with van der Waals surface area (Å²) in [6, 6.07) is 6.96. The molecule has 0 unspecified atom stereocenters. The summed E-state index contributed by atoms with van der Waals surface area (Å²) < 4.78 is 0. The molecule has 1 aliphatic heterocycles. The molecule has 5 nitrogen and oxygen atoms in total. The Morgan fingerprint density at radius 1 is 1.37 bits per heavy atom. The number of fused-ring (bicyclic) bond motifs is 1. The van der Waals surface area contributed by atoms with Crippen molar-refractivity contribution in [2.24, 2.45) is 4.99 Å². The van der Waals surface area contributed by atoms with Crippen LogP contribution in [0.3, 0.4) is 0 Å². The van der Waals surface area contributed by atoms with Crippen LogP contribution in [0.1, 0.15) is 24.0 Å². The van der Waals surface area contributed by atoms with Crippen molar-refractivity contribution in [1.82, 2.24) is 20.5 Å². The molecule has 0 atom stereocenters. The molecule has 3 rings (SSSR count). The van der Waals surface area contributed by atoms with Gasteiger partial charge in [-0.25, -0.2) is 0 Å². The Morgan fingerprint density at radius 3 is 2.85 bits per heavy atom. The van der Waals surface area contributed by atoms with Gasteiger partial charge >= 0.3 is 0 Å². The van der Waals surface area contributed by atoms with Crippen LogP contribution < -0.4 is 10.6 Å². The van der Waals surface area contributed by atoms with E-state index >= 15 is 0 Å². The zero-order chi connectivity index (χ0) is 18.4. The number of aryl methyl sites for hydroxylation is 1. The lowest BCUT2D eigenvalue weighted by atomic mass is 10.1. The van der Waals surface area contributed by atoms with Crippen LogP contribution in [0.15, 0.2) is 42.0 Å². The Morgan fingerprint density at radius 2 is 2.15 bits per heavy atom. The molecule has 0 bridgehead atoms. The van der Waals surface area contributed by atoms with Gasteiger partial charge in [0.1, 0.15) is 0 Å². The normalized spacial score (nSPS) is 16.1. The summed E-state index contributed by atoms with van der Waals surface area (Å²) >= 11 is 0. The fourth-order valence-corrected chi connectivity index (χ4v) is 3.72. The molecule has 0 aliphatic carbocycles. The molecular weight excluding hydrogens is 449 g/mol. The maximum Gasteiger partial charge on any atom is 0.191 e. The van der Waals surface area contributed by atoms with Crippen LogP contribution in [0, 0.1) is 6.92 Å². The summed E-state index contributed by atoms with van der Waals surface area (Å²) in [7, 11) is 1.84. The second kappa shape index (κ2) is 10.7. The molecule has 1 aromatic carbocycles. The van der Waals surface area contributed by atoms with Crippen molar-refractivity contribution in [3.05, 3.63) is 48.2 Å². The van der Waals surface area contributed by atoms with Gasteiger partial charge in [-0.2, -0.15) is 0 Å². The van der Waals surface area contributed by atoms with Crippen LogP contribution in [0.4, 0.5) is 0 Å². The highest BCUT2D eigenvalue weighted by atomic mass is 127. The molecule has 0 saturated carbocycles. The van der Waals surface area contributed by atoms with Gasteiger partial charge in [-0.1, -0.05) is 24.3 Å². The molecule has 0 amide bonds. The highest BCUT2D eigenvalue weighted by Gasteiger charge is 2.19. The maximum absolute atomic E-state index is 4.39. The van der Waals surface area contributed by atoms with E-state index < -0.39 is 0 Å². The Bertz CT molecular complexity index is 759. The highest BCUT2D eigenvalue weighted by Crippen LogP contribution is 2.21. The van der Waals surface area contributed by atoms with Gasteiger partial charge in [-0.05, 0) is 37.3 Å².